The van der Waals surface area contributed by atoms with Crippen molar-refractivity contribution in [1.82, 2.24) is 14.5 Å². The van der Waals surface area contributed by atoms with E-state index in [4.69, 9.17) is 11.6 Å². The van der Waals surface area contributed by atoms with E-state index in [-0.39, 0.29) is 0 Å². The van der Waals surface area contributed by atoms with E-state index in [1.54, 1.807) is 12.3 Å². The smallest absolute Gasteiger partial charge is 0.108 e. The molecule has 0 saturated heterocycles. The SMILES string of the molecule is CCc1nccn1CCCNc1c(C#N)cnc2c(Cl)cccc12. The molecule has 3 rings (SSSR count). The molecule has 122 valence electrons. The van der Waals surface area contributed by atoms with Crippen LogP contribution in [0, 0.1) is 11.3 Å². The molecule has 0 atom stereocenters. The van der Waals surface area contributed by atoms with Gasteiger partial charge in [0.15, 0.2) is 0 Å². The zero-order valence-corrected chi connectivity index (χ0v) is 14.2. The van der Waals surface area contributed by atoms with Gasteiger partial charge in [-0.15, -0.1) is 0 Å². The van der Waals surface area contributed by atoms with Gasteiger partial charge in [0.1, 0.15) is 11.9 Å². The van der Waals surface area contributed by atoms with Gasteiger partial charge in [0.05, 0.1) is 21.8 Å². The molecule has 5 nitrogen and oxygen atoms in total. The number of hydrogen-bond donors (Lipinski definition) is 1. The van der Waals surface area contributed by atoms with Gasteiger partial charge in [-0.05, 0) is 12.5 Å². The Morgan fingerprint density at radius 2 is 2.21 bits per heavy atom. The summed E-state index contributed by atoms with van der Waals surface area (Å²) in [6.07, 6.45) is 7.26. The minimum atomic E-state index is 0.529. The van der Waals surface area contributed by atoms with Crippen LogP contribution < -0.4 is 5.32 Å². The Kier molecular flexibility index (Phi) is 4.97. The van der Waals surface area contributed by atoms with Gasteiger partial charge in [0.25, 0.3) is 0 Å². The van der Waals surface area contributed by atoms with E-state index >= 15 is 0 Å². The maximum Gasteiger partial charge on any atom is 0.108 e. The fraction of sp³-hybridized carbons (Fsp3) is 0.278. The van der Waals surface area contributed by atoms with Crippen molar-refractivity contribution in [3.63, 3.8) is 0 Å². The molecule has 6 heteroatoms. The summed E-state index contributed by atoms with van der Waals surface area (Å²) in [5, 5.41) is 14.2. The zero-order valence-electron chi connectivity index (χ0n) is 13.5. The predicted molar refractivity (Wildman–Crippen MR) is 96.2 cm³/mol. The molecule has 2 heterocycles. The number of nitrogens with one attached hydrogen (secondary N) is 1. The quantitative estimate of drug-likeness (QED) is 0.689. The van der Waals surface area contributed by atoms with Gasteiger partial charge in [-0.25, -0.2) is 4.98 Å². The second-order valence-electron chi connectivity index (χ2n) is 5.47. The van der Waals surface area contributed by atoms with Gasteiger partial charge in [0.2, 0.25) is 0 Å². The highest BCUT2D eigenvalue weighted by Gasteiger charge is 2.10. The number of nitriles is 1. The first kappa shape index (κ1) is 16.3. The van der Waals surface area contributed by atoms with Crippen LogP contribution in [0.3, 0.4) is 0 Å². The number of rotatable bonds is 6. The Morgan fingerprint density at radius 1 is 1.33 bits per heavy atom. The van der Waals surface area contributed by atoms with Gasteiger partial charge in [-0.2, -0.15) is 5.26 Å². The summed E-state index contributed by atoms with van der Waals surface area (Å²) < 4.78 is 2.16. The molecule has 24 heavy (non-hydrogen) atoms. The topological polar surface area (TPSA) is 66.5 Å². The van der Waals surface area contributed by atoms with Crippen LogP contribution in [0.4, 0.5) is 5.69 Å². The Bertz CT molecular complexity index is 894. The minimum absolute atomic E-state index is 0.529. The summed E-state index contributed by atoms with van der Waals surface area (Å²) in [5.41, 5.74) is 2.04. The Labute approximate surface area is 145 Å². The van der Waals surface area contributed by atoms with Crippen molar-refractivity contribution in [1.29, 1.82) is 5.26 Å². The number of halogens is 1. The number of anilines is 1. The second-order valence-corrected chi connectivity index (χ2v) is 5.87. The van der Waals surface area contributed by atoms with Gasteiger partial charge in [0, 0.05) is 43.5 Å². The van der Waals surface area contributed by atoms with Gasteiger partial charge < -0.3 is 9.88 Å². The molecule has 0 unspecified atom stereocenters. The van der Waals surface area contributed by atoms with E-state index < -0.39 is 0 Å². The molecule has 1 N–H and O–H groups in total. The third-order valence-electron chi connectivity index (χ3n) is 3.96. The molecule has 0 bridgehead atoms. The normalized spacial score (nSPS) is 10.7. The van der Waals surface area contributed by atoms with Crippen molar-refractivity contribution >= 4 is 28.2 Å². The van der Waals surface area contributed by atoms with Crippen LogP contribution in [0.2, 0.25) is 5.02 Å². The number of aryl methyl sites for hydroxylation is 2. The van der Waals surface area contributed by atoms with E-state index in [1.165, 1.54) is 0 Å². The average molecular weight is 340 g/mol. The largest absolute Gasteiger partial charge is 0.383 e. The summed E-state index contributed by atoms with van der Waals surface area (Å²) in [6.45, 7) is 3.74. The molecule has 0 spiro atoms. The average Bonchev–Trinajstić information content (AvgIpc) is 3.06. The van der Waals surface area contributed by atoms with Gasteiger partial charge in [-0.3, -0.25) is 4.98 Å². The molecular formula is C18H18ClN5. The summed E-state index contributed by atoms with van der Waals surface area (Å²) in [4.78, 5) is 8.62. The number of imidazole rings is 1. The van der Waals surface area contributed by atoms with E-state index in [0.717, 1.165) is 42.8 Å². The standard InChI is InChI=1S/C18H18ClN5/c1-2-16-21-8-10-24(16)9-4-7-22-17-13(11-20)12-23-18-14(17)5-3-6-15(18)19/h3,5-6,8,10,12H,2,4,7,9H2,1H3,(H,22,23). The van der Waals surface area contributed by atoms with Gasteiger partial charge in [-0.1, -0.05) is 30.7 Å². The third-order valence-corrected chi connectivity index (χ3v) is 4.27. The molecule has 0 saturated carbocycles. The number of nitrogens with zero attached hydrogens (tertiary/aromatic N) is 4. The van der Waals surface area contributed by atoms with E-state index in [2.05, 4.69) is 32.8 Å². The number of aromatic nitrogens is 3. The van der Waals surface area contributed by atoms with E-state index in [9.17, 15) is 5.26 Å². The number of pyridine rings is 1. The van der Waals surface area contributed by atoms with Gasteiger partial charge >= 0.3 is 0 Å². The molecule has 2 aromatic heterocycles. The second kappa shape index (κ2) is 7.33. The molecule has 0 aliphatic heterocycles. The molecule has 1 aromatic carbocycles. The first-order valence-corrected chi connectivity index (χ1v) is 8.33. The number of fused-ring (bicyclic) bond motifs is 1. The molecular weight excluding hydrogens is 322 g/mol. The molecule has 0 aliphatic rings. The van der Waals surface area contributed by atoms with E-state index in [1.807, 2.05) is 24.5 Å². The van der Waals surface area contributed by atoms with Crippen LogP contribution >= 0.6 is 11.6 Å². The van der Waals surface area contributed by atoms with Crippen molar-refractivity contribution in [2.45, 2.75) is 26.3 Å². The first-order valence-electron chi connectivity index (χ1n) is 7.95. The van der Waals surface area contributed by atoms with Crippen molar-refractivity contribution in [3.05, 3.63) is 53.2 Å². The number of hydrogen-bond acceptors (Lipinski definition) is 4. The van der Waals surface area contributed by atoms with Crippen LogP contribution in [0.5, 0.6) is 0 Å². The maximum absolute atomic E-state index is 9.35. The van der Waals surface area contributed by atoms with Crippen molar-refractivity contribution < 1.29 is 0 Å². The lowest BCUT2D eigenvalue weighted by Crippen LogP contribution is -2.09. The monoisotopic (exact) mass is 339 g/mol. The fourth-order valence-electron chi connectivity index (χ4n) is 2.78. The first-order chi connectivity index (χ1) is 11.7. The maximum atomic E-state index is 9.35. The molecule has 0 aliphatic carbocycles. The zero-order chi connectivity index (χ0) is 16.9. The highest BCUT2D eigenvalue weighted by molar-refractivity contribution is 6.35. The van der Waals surface area contributed by atoms with Crippen molar-refractivity contribution in [2.75, 3.05) is 11.9 Å². The van der Waals surface area contributed by atoms with Crippen molar-refractivity contribution in [3.8, 4) is 6.07 Å². The highest BCUT2D eigenvalue weighted by atomic mass is 35.5. The lowest BCUT2D eigenvalue weighted by Gasteiger charge is -2.12. The fourth-order valence-corrected chi connectivity index (χ4v) is 3.01. The molecule has 3 aromatic rings. The minimum Gasteiger partial charge on any atom is -0.383 e. The van der Waals surface area contributed by atoms with Crippen LogP contribution in [-0.2, 0) is 13.0 Å². The van der Waals surface area contributed by atoms with Crippen molar-refractivity contribution in [2.24, 2.45) is 0 Å². The Morgan fingerprint density at radius 3 is 3.00 bits per heavy atom. The summed E-state index contributed by atoms with van der Waals surface area (Å²) in [7, 11) is 0. The summed E-state index contributed by atoms with van der Waals surface area (Å²) in [6, 6.07) is 7.81. The molecule has 0 radical (unpaired) electrons. The Hall–Kier alpha value is -2.58. The summed E-state index contributed by atoms with van der Waals surface area (Å²) >= 11 is 6.20. The third kappa shape index (κ3) is 3.19. The Balaban J connectivity index is 1.75. The van der Waals surface area contributed by atoms with Crippen LogP contribution in [0.1, 0.15) is 24.7 Å². The van der Waals surface area contributed by atoms with Crippen LogP contribution in [-0.4, -0.2) is 21.1 Å². The molecule has 0 amide bonds. The lowest BCUT2D eigenvalue weighted by molar-refractivity contribution is 0.629. The molecule has 0 fully saturated rings. The predicted octanol–water partition coefficient (Wildman–Crippen LogP) is 4.02. The number of benzene rings is 1. The summed E-state index contributed by atoms with van der Waals surface area (Å²) in [5.74, 6) is 1.09. The van der Waals surface area contributed by atoms with Crippen LogP contribution in [0.15, 0.2) is 36.8 Å². The number of para-hydroxylation sites is 1. The van der Waals surface area contributed by atoms with Crippen LogP contribution in [0.25, 0.3) is 10.9 Å². The highest BCUT2D eigenvalue weighted by Crippen LogP contribution is 2.29. The van der Waals surface area contributed by atoms with E-state index in [0.29, 0.717) is 16.1 Å². The lowest BCUT2D eigenvalue weighted by atomic mass is 10.1.